The largest absolute Gasteiger partial charge is 0.337 e. The number of likely N-dealkylation sites (tertiary alicyclic amines) is 1. The molecule has 0 spiro atoms. The third-order valence-corrected chi connectivity index (χ3v) is 4.14. The molecule has 1 aromatic carbocycles. The van der Waals surface area contributed by atoms with Crippen molar-refractivity contribution in [2.24, 2.45) is 0 Å². The Balaban J connectivity index is 1.89. The number of benzene rings is 1. The Morgan fingerprint density at radius 3 is 2.58 bits per heavy atom. The Morgan fingerprint density at radius 2 is 1.84 bits per heavy atom. The van der Waals surface area contributed by atoms with Crippen LogP contribution in [0.15, 0.2) is 30.3 Å². The minimum atomic E-state index is 0.0207. The average Bonchev–Trinajstić information content (AvgIpc) is 2.98. The van der Waals surface area contributed by atoms with Gasteiger partial charge in [0.05, 0.1) is 4.88 Å². The first-order chi connectivity index (χ1) is 9.36. The summed E-state index contributed by atoms with van der Waals surface area (Å²) in [6.07, 6.45) is 3.39. The molecule has 1 fully saturated rings. The summed E-state index contributed by atoms with van der Waals surface area (Å²) in [6.45, 7) is 1.68. The maximum absolute atomic E-state index is 12.5. The Morgan fingerprint density at radius 1 is 1.11 bits per heavy atom. The number of piperidine rings is 1. The Labute approximate surface area is 116 Å². The first kappa shape index (κ1) is 12.3. The molecule has 1 saturated heterocycles. The van der Waals surface area contributed by atoms with E-state index in [1.54, 1.807) is 0 Å². The molecule has 2 aromatic rings. The highest BCUT2D eigenvalue weighted by Gasteiger charge is 2.24. The van der Waals surface area contributed by atoms with Gasteiger partial charge in [-0.15, -0.1) is 5.10 Å². The molecular weight excluding hydrogens is 258 g/mol. The lowest BCUT2D eigenvalue weighted by atomic mass is 10.1. The molecule has 0 saturated carbocycles. The van der Waals surface area contributed by atoms with Gasteiger partial charge in [0, 0.05) is 13.1 Å². The predicted octanol–water partition coefficient (Wildman–Crippen LogP) is 2.83. The molecule has 1 aliphatic rings. The normalized spacial score (nSPS) is 15.5. The van der Waals surface area contributed by atoms with E-state index in [2.05, 4.69) is 9.59 Å². The number of nitrogens with zero attached hydrogens (tertiary/aromatic N) is 3. The number of carbonyl (C=O) groups excluding carboxylic acids is 1. The fourth-order valence-electron chi connectivity index (χ4n) is 2.36. The summed E-state index contributed by atoms with van der Waals surface area (Å²) in [4.78, 5) is 15.3. The third kappa shape index (κ3) is 2.51. The molecule has 1 amide bonds. The fraction of sp³-hybridized carbons (Fsp3) is 0.357. The van der Waals surface area contributed by atoms with Gasteiger partial charge in [-0.3, -0.25) is 4.79 Å². The van der Waals surface area contributed by atoms with Crippen molar-refractivity contribution in [1.82, 2.24) is 14.5 Å². The van der Waals surface area contributed by atoms with Gasteiger partial charge in [0.15, 0.2) is 5.69 Å². The molecule has 0 radical (unpaired) electrons. The van der Waals surface area contributed by atoms with Crippen LogP contribution in [0.4, 0.5) is 0 Å². The van der Waals surface area contributed by atoms with Crippen molar-refractivity contribution >= 4 is 17.4 Å². The number of hydrogen-bond acceptors (Lipinski definition) is 4. The summed E-state index contributed by atoms with van der Waals surface area (Å²) in [5.74, 6) is 0.0207. The van der Waals surface area contributed by atoms with Crippen LogP contribution >= 0.6 is 11.5 Å². The van der Waals surface area contributed by atoms with Crippen molar-refractivity contribution in [2.45, 2.75) is 19.3 Å². The number of hydrogen-bond donors (Lipinski definition) is 0. The highest BCUT2D eigenvalue weighted by atomic mass is 32.1. The monoisotopic (exact) mass is 273 g/mol. The van der Waals surface area contributed by atoms with Gasteiger partial charge in [0.1, 0.15) is 0 Å². The van der Waals surface area contributed by atoms with Crippen molar-refractivity contribution in [3.8, 4) is 10.4 Å². The SMILES string of the molecule is O=C(c1nnsc1-c1ccccc1)N1CCCCC1. The van der Waals surface area contributed by atoms with Crippen LogP contribution < -0.4 is 0 Å². The second-order valence-corrected chi connectivity index (χ2v) is 5.42. The third-order valence-electron chi connectivity index (χ3n) is 3.37. The number of carbonyl (C=O) groups is 1. The standard InChI is InChI=1S/C14H15N3OS/c18-14(17-9-5-2-6-10-17)12-13(19-16-15-12)11-7-3-1-4-8-11/h1,3-4,7-8H,2,5-6,9-10H2. The molecule has 1 aromatic heterocycles. The highest BCUT2D eigenvalue weighted by molar-refractivity contribution is 7.09. The van der Waals surface area contributed by atoms with Crippen LogP contribution in [-0.4, -0.2) is 33.5 Å². The first-order valence-electron chi connectivity index (χ1n) is 6.53. The van der Waals surface area contributed by atoms with E-state index in [4.69, 9.17) is 0 Å². The van der Waals surface area contributed by atoms with Crippen LogP contribution in [0.25, 0.3) is 10.4 Å². The van der Waals surface area contributed by atoms with Gasteiger partial charge in [-0.25, -0.2) is 0 Å². The van der Waals surface area contributed by atoms with Gasteiger partial charge in [-0.1, -0.05) is 34.8 Å². The number of amides is 1. The summed E-state index contributed by atoms with van der Waals surface area (Å²) in [5.41, 5.74) is 1.51. The molecule has 2 heterocycles. The minimum Gasteiger partial charge on any atom is -0.337 e. The highest BCUT2D eigenvalue weighted by Crippen LogP contribution is 2.27. The molecule has 19 heavy (non-hydrogen) atoms. The van der Waals surface area contributed by atoms with Crippen LogP contribution in [0.3, 0.4) is 0 Å². The lowest BCUT2D eigenvalue weighted by molar-refractivity contribution is 0.0719. The van der Waals surface area contributed by atoms with E-state index in [0.717, 1.165) is 36.4 Å². The van der Waals surface area contributed by atoms with Gasteiger partial charge in [-0.2, -0.15) is 0 Å². The van der Waals surface area contributed by atoms with Crippen molar-refractivity contribution in [3.63, 3.8) is 0 Å². The fourth-order valence-corrected chi connectivity index (χ4v) is 3.02. The Hall–Kier alpha value is -1.75. The molecule has 5 heteroatoms. The van der Waals surface area contributed by atoms with Crippen LogP contribution in [0.5, 0.6) is 0 Å². The lowest BCUT2D eigenvalue weighted by Crippen LogP contribution is -2.36. The van der Waals surface area contributed by atoms with Gasteiger partial charge < -0.3 is 4.90 Å². The summed E-state index contributed by atoms with van der Waals surface area (Å²) in [6, 6.07) is 9.86. The molecule has 98 valence electrons. The lowest BCUT2D eigenvalue weighted by Gasteiger charge is -2.26. The van der Waals surface area contributed by atoms with Gasteiger partial charge in [-0.05, 0) is 36.4 Å². The van der Waals surface area contributed by atoms with Crippen LogP contribution in [0.1, 0.15) is 29.8 Å². The van der Waals surface area contributed by atoms with Crippen LogP contribution in [0.2, 0.25) is 0 Å². The number of rotatable bonds is 2. The molecule has 4 nitrogen and oxygen atoms in total. The molecule has 3 rings (SSSR count). The van der Waals surface area contributed by atoms with Gasteiger partial charge in [0.2, 0.25) is 0 Å². The maximum atomic E-state index is 12.5. The molecule has 0 bridgehead atoms. The molecule has 0 unspecified atom stereocenters. The number of aromatic nitrogens is 2. The average molecular weight is 273 g/mol. The molecule has 1 aliphatic heterocycles. The maximum Gasteiger partial charge on any atom is 0.275 e. The predicted molar refractivity (Wildman–Crippen MR) is 75.1 cm³/mol. The van der Waals surface area contributed by atoms with Crippen LogP contribution in [0, 0.1) is 0 Å². The molecule has 0 aliphatic carbocycles. The van der Waals surface area contributed by atoms with Gasteiger partial charge in [0.25, 0.3) is 5.91 Å². The van der Waals surface area contributed by atoms with E-state index in [9.17, 15) is 4.79 Å². The Bertz CT molecular complexity index is 561. The zero-order valence-corrected chi connectivity index (χ0v) is 11.4. The van der Waals surface area contributed by atoms with E-state index < -0.39 is 0 Å². The van der Waals surface area contributed by atoms with Gasteiger partial charge >= 0.3 is 0 Å². The topological polar surface area (TPSA) is 46.1 Å². The van der Waals surface area contributed by atoms with Crippen molar-refractivity contribution in [3.05, 3.63) is 36.0 Å². The van der Waals surface area contributed by atoms with Crippen LogP contribution in [-0.2, 0) is 0 Å². The van der Waals surface area contributed by atoms with Crippen molar-refractivity contribution < 1.29 is 4.79 Å². The molecule has 0 N–H and O–H groups in total. The first-order valence-corrected chi connectivity index (χ1v) is 7.30. The summed E-state index contributed by atoms with van der Waals surface area (Å²) in [7, 11) is 0. The molecule has 0 atom stereocenters. The summed E-state index contributed by atoms with van der Waals surface area (Å²) < 4.78 is 3.96. The second kappa shape index (κ2) is 5.48. The second-order valence-electron chi connectivity index (χ2n) is 4.67. The Kier molecular flexibility index (Phi) is 3.55. The zero-order valence-electron chi connectivity index (χ0n) is 10.6. The summed E-state index contributed by atoms with van der Waals surface area (Å²) >= 11 is 1.29. The van der Waals surface area contributed by atoms with E-state index in [0.29, 0.717) is 5.69 Å². The zero-order chi connectivity index (χ0) is 13.1. The minimum absolute atomic E-state index is 0.0207. The van der Waals surface area contributed by atoms with E-state index in [1.165, 1.54) is 18.0 Å². The molecular formula is C14H15N3OS. The van der Waals surface area contributed by atoms with Crippen molar-refractivity contribution in [1.29, 1.82) is 0 Å². The smallest absolute Gasteiger partial charge is 0.275 e. The van der Waals surface area contributed by atoms with E-state index in [-0.39, 0.29) is 5.91 Å². The summed E-state index contributed by atoms with van der Waals surface area (Å²) in [5, 5.41) is 4.05. The van der Waals surface area contributed by atoms with E-state index >= 15 is 0 Å². The van der Waals surface area contributed by atoms with Crippen molar-refractivity contribution in [2.75, 3.05) is 13.1 Å². The van der Waals surface area contributed by atoms with E-state index in [1.807, 2.05) is 35.2 Å². The quantitative estimate of drug-likeness (QED) is 0.845.